The molecule has 1 heterocycles. The molecule has 1 saturated carbocycles. The number of likely N-dealkylation sites (N-methyl/N-ethyl adjacent to an activating group) is 1. The highest BCUT2D eigenvalue weighted by Crippen LogP contribution is 2.25. The average Bonchev–Trinajstić information content (AvgIpc) is 2.81. The lowest BCUT2D eigenvalue weighted by atomic mass is 9.92. The molecule has 1 saturated heterocycles. The maximum absolute atomic E-state index is 12.0. The Labute approximate surface area is 192 Å². The number of piperidine rings is 1. The molecule has 1 aromatic carbocycles. The van der Waals surface area contributed by atoms with Crippen molar-refractivity contribution in [1.82, 2.24) is 20.4 Å². The molecule has 6 nitrogen and oxygen atoms in total. The lowest BCUT2D eigenvalue weighted by Crippen LogP contribution is -2.51. The highest BCUT2D eigenvalue weighted by Gasteiger charge is 2.26. The third-order valence-corrected chi connectivity index (χ3v) is 7.25. The second-order valence-electron chi connectivity index (χ2n) is 8.79. The summed E-state index contributed by atoms with van der Waals surface area (Å²) < 4.78 is 0. The van der Waals surface area contributed by atoms with Gasteiger partial charge in [0.25, 0.3) is 0 Å². The summed E-state index contributed by atoms with van der Waals surface area (Å²) in [6.07, 6.45) is 9.22. The Morgan fingerprint density at radius 3 is 2.48 bits per heavy atom. The minimum Gasteiger partial charge on any atom is -0.356 e. The smallest absolute Gasteiger partial charge is 0.243 e. The summed E-state index contributed by atoms with van der Waals surface area (Å²) in [5.41, 5.74) is 0. The van der Waals surface area contributed by atoms with Crippen molar-refractivity contribution < 1.29 is 4.79 Å². The fourth-order valence-corrected chi connectivity index (χ4v) is 5.13. The Hall–Kier alpha value is -1.73. The van der Waals surface area contributed by atoms with Crippen LogP contribution >= 0.6 is 11.8 Å². The van der Waals surface area contributed by atoms with E-state index in [0.29, 0.717) is 6.04 Å². The van der Waals surface area contributed by atoms with E-state index in [-0.39, 0.29) is 12.5 Å². The number of benzene rings is 1. The molecule has 3 rings (SSSR count). The summed E-state index contributed by atoms with van der Waals surface area (Å²) in [7, 11) is 3.55. The number of nitrogens with one attached hydrogen (secondary N) is 2. The first-order chi connectivity index (χ1) is 15.1. The van der Waals surface area contributed by atoms with Crippen LogP contribution in [0.1, 0.15) is 44.9 Å². The number of likely N-dealkylation sites (tertiary alicyclic amines) is 1. The average molecular weight is 446 g/mol. The molecule has 0 radical (unpaired) electrons. The van der Waals surface area contributed by atoms with E-state index in [9.17, 15) is 4.79 Å². The van der Waals surface area contributed by atoms with Crippen molar-refractivity contribution in [3.8, 4) is 0 Å². The van der Waals surface area contributed by atoms with Crippen LogP contribution in [0, 0.1) is 0 Å². The van der Waals surface area contributed by atoms with Gasteiger partial charge in [-0.2, -0.15) is 0 Å². The largest absolute Gasteiger partial charge is 0.356 e. The molecule has 0 aromatic heterocycles. The quantitative estimate of drug-likeness (QED) is 0.279. The molecule has 1 amide bonds. The van der Waals surface area contributed by atoms with Gasteiger partial charge in [0.1, 0.15) is 6.54 Å². The predicted molar refractivity (Wildman–Crippen MR) is 131 cm³/mol. The topological polar surface area (TPSA) is 60.0 Å². The van der Waals surface area contributed by atoms with Gasteiger partial charge < -0.3 is 20.4 Å². The molecule has 2 aliphatic rings. The van der Waals surface area contributed by atoms with Crippen molar-refractivity contribution in [1.29, 1.82) is 0 Å². The van der Waals surface area contributed by atoms with E-state index >= 15 is 0 Å². The third kappa shape index (κ3) is 8.37. The number of rotatable bonds is 8. The number of nitrogens with zero attached hydrogens (tertiary/aromatic N) is 3. The molecule has 0 unspecified atom stereocenters. The van der Waals surface area contributed by atoms with Crippen LogP contribution in [0.4, 0.5) is 0 Å². The first-order valence-electron chi connectivity index (χ1n) is 11.8. The van der Waals surface area contributed by atoms with Gasteiger partial charge in [0, 0.05) is 56.5 Å². The van der Waals surface area contributed by atoms with E-state index < -0.39 is 0 Å². The van der Waals surface area contributed by atoms with Crippen LogP contribution in [0.3, 0.4) is 0 Å². The first-order valence-corrected chi connectivity index (χ1v) is 12.8. The Bertz CT molecular complexity index is 682. The summed E-state index contributed by atoms with van der Waals surface area (Å²) in [5, 5.41) is 7.04. The van der Waals surface area contributed by atoms with Gasteiger partial charge in [-0.25, -0.2) is 4.99 Å². The summed E-state index contributed by atoms with van der Waals surface area (Å²) in [6, 6.07) is 11.7. The molecule has 0 spiro atoms. The van der Waals surface area contributed by atoms with E-state index in [1.54, 1.807) is 19.0 Å². The minimum atomic E-state index is 0.0203. The van der Waals surface area contributed by atoms with Crippen LogP contribution < -0.4 is 10.6 Å². The molecular weight excluding hydrogens is 406 g/mol. The first kappa shape index (κ1) is 23.9. The number of carbonyl (C=O) groups excluding carboxylic acids is 1. The standard InChI is InChI=1S/C24H39N5OS/c1-28(2)23(30)19-26-24(25-15-18-31-22-11-7-4-8-12-22)27-20-13-16-29(17-14-20)21-9-5-3-6-10-21/h4,7-8,11-12,20-21H,3,5-6,9-10,13-19H2,1-2H3,(H2,25,26,27). The molecule has 0 bridgehead atoms. The van der Waals surface area contributed by atoms with Crippen molar-refractivity contribution in [2.45, 2.75) is 61.9 Å². The third-order valence-electron chi connectivity index (χ3n) is 6.24. The molecule has 0 atom stereocenters. The van der Waals surface area contributed by atoms with Crippen LogP contribution in [0.15, 0.2) is 40.2 Å². The van der Waals surface area contributed by atoms with Gasteiger partial charge in [-0.3, -0.25) is 4.79 Å². The number of thioether (sulfide) groups is 1. The van der Waals surface area contributed by atoms with Gasteiger partial charge in [0.05, 0.1) is 0 Å². The molecule has 1 aliphatic heterocycles. The zero-order chi connectivity index (χ0) is 21.9. The molecule has 2 fully saturated rings. The Morgan fingerprint density at radius 1 is 1.10 bits per heavy atom. The zero-order valence-corrected chi connectivity index (χ0v) is 20.0. The monoisotopic (exact) mass is 445 g/mol. The van der Waals surface area contributed by atoms with Crippen molar-refractivity contribution in [3.05, 3.63) is 30.3 Å². The van der Waals surface area contributed by atoms with E-state index in [0.717, 1.165) is 50.2 Å². The highest BCUT2D eigenvalue weighted by molar-refractivity contribution is 7.99. The van der Waals surface area contributed by atoms with E-state index in [2.05, 4.69) is 44.8 Å². The van der Waals surface area contributed by atoms with E-state index in [1.807, 2.05) is 17.8 Å². The lowest BCUT2D eigenvalue weighted by molar-refractivity contribution is -0.127. The number of hydrogen-bond acceptors (Lipinski definition) is 4. The van der Waals surface area contributed by atoms with Crippen LogP contribution in [0.2, 0.25) is 0 Å². The molecular formula is C24H39N5OS. The lowest BCUT2D eigenvalue weighted by Gasteiger charge is -2.39. The second-order valence-corrected chi connectivity index (χ2v) is 9.96. The van der Waals surface area contributed by atoms with Crippen molar-refractivity contribution in [2.24, 2.45) is 4.99 Å². The van der Waals surface area contributed by atoms with Crippen molar-refractivity contribution in [3.63, 3.8) is 0 Å². The van der Waals surface area contributed by atoms with E-state index in [4.69, 9.17) is 0 Å². The highest BCUT2D eigenvalue weighted by atomic mass is 32.2. The Kier molecular flexibility index (Phi) is 10.0. The summed E-state index contributed by atoms with van der Waals surface area (Å²) in [5.74, 6) is 1.73. The molecule has 172 valence electrons. The summed E-state index contributed by atoms with van der Waals surface area (Å²) in [6.45, 7) is 3.31. The van der Waals surface area contributed by atoms with Gasteiger partial charge in [0.2, 0.25) is 5.91 Å². The van der Waals surface area contributed by atoms with Gasteiger partial charge >= 0.3 is 0 Å². The Morgan fingerprint density at radius 2 is 1.81 bits per heavy atom. The maximum Gasteiger partial charge on any atom is 0.243 e. The van der Waals surface area contributed by atoms with Gasteiger partial charge in [-0.05, 0) is 37.8 Å². The Balaban J connectivity index is 1.46. The van der Waals surface area contributed by atoms with Crippen LogP contribution in [0.25, 0.3) is 0 Å². The number of guanidine groups is 1. The maximum atomic E-state index is 12.0. The fourth-order valence-electron chi connectivity index (χ4n) is 4.34. The van der Waals surface area contributed by atoms with Crippen molar-refractivity contribution >= 4 is 23.6 Å². The van der Waals surface area contributed by atoms with Crippen LogP contribution in [-0.2, 0) is 4.79 Å². The summed E-state index contributed by atoms with van der Waals surface area (Å²) >= 11 is 1.83. The SMILES string of the molecule is CN(C)C(=O)CN=C(NCCSc1ccccc1)NC1CCN(C2CCCCC2)CC1. The van der Waals surface area contributed by atoms with Gasteiger partial charge in [0.15, 0.2) is 5.96 Å². The molecule has 1 aromatic rings. The van der Waals surface area contributed by atoms with E-state index in [1.165, 1.54) is 37.0 Å². The molecule has 7 heteroatoms. The van der Waals surface area contributed by atoms with Crippen LogP contribution in [0.5, 0.6) is 0 Å². The predicted octanol–water partition coefficient (Wildman–Crippen LogP) is 3.20. The van der Waals surface area contributed by atoms with Crippen LogP contribution in [-0.4, -0.2) is 79.8 Å². The minimum absolute atomic E-state index is 0.0203. The zero-order valence-electron chi connectivity index (χ0n) is 19.2. The number of aliphatic imine (C=N–C) groups is 1. The fraction of sp³-hybridized carbons (Fsp3) is 0.667. The van der Waals surface area contributed by atoms with Crippen molar-refractivity contribution in [2.75, 3.05) is 46.0 Å². The van der Waals surface area contributed by atoms with Gasteiger partial charge in [-0.1, -0.05) is 37.5 Å². The normalized spacial score (nSPS) is 19.2. The summed E-state index contributed by atoms with van der Waals surface area (Å²) in [4.78, 5) is 22.2. The number of hydrogen-bond donors (Lipinski definition) is 2. The molecule has 2 N–H and O–H groups in total. The number of amides is 1. The number of carbonyl (C=O) groups is 1. The molecule has 1 aliphatic carbocycles. The second kappa shape index (κ2) is 13.0. The van der Waals surface area contributed by atoms with Gasteiger partial charge in [-0.15, -0.1) is 11.8 Å². The molecule has 31 heavy (non-hydrogen) atoms.